The van der Waals surface area contributed by atoms with Crippen molar-refractivity contribution in [1.29, 1.82) is 0 Å². The van der Waals surface area contributed by atoms with Gasteiger partial charge in [0.2, 0.25) is 0 Å². The molecular weight excluding hydrogens is 344 g/mol. The lowest BCUT2D eigenvalue weighted by molar-refractivity contribution is 0.0934. The molecule has 0 saturated heterocycles. The molecule has 0 bridgehead atoms. The van der Waals surface area contributed by atoms with E-state index in [1.54, 1.807) is 6.20 Å². The molecule has 1 aromatic carbocycles. The molecule has 0 spiro atoms. The van der Waals surface area contributed by atoms with E-state index < -0.39 is 0 Å². The molecule has 5 nitrogen and oxygen atoms in total. The fourth-order valence-electron chi connectivity index (χ4n) is 1.81. The van der Waals surface area contributed by atoms with Crippen molar-refractivity contribution in [3.05, 3.63) is 46.3 Å². The van der Waals surface area contributed by atoms with Gasteiger partial charge in [0.1, 0.15) is 11.5 Å². The summed E-state index contributed by atoms with van der Waals surface area (Å²) in [5.41, 5.74) is 2.36. The number of aromatic nitrogens is 2. The minimum absolute atomic E-state index is 0.123. The summed E-state index contributed by atoms with van der Waals surface area (Å²) in [7, 11) is 0. The molecule has 0 saturated carbocycles. The first-order valence-corrected chi connectivity index (χ1v) is 7.95. The topological polar surface area (TPSA) is 66.9 Å². The average molecular weight is 363 g/mol. The van der Waals surface area contributed by atoms with Crippen LogP contribution in [0.1, 0.15) is 36.3 Å². The lowest BCUT2D eigenvalue weighted by Gasteiger charge is -2.11. The smallest absolute Gasteiger partial charge is 0.271 e. The molecule has 2 rings (SSSR count). The summed E-state index contributed by atoms with van der Waals surface area (Å²) in [6, 6.07) is 6.06. The van der Waals surface area contributed by atoms with Gasteiger partial charge in [-0.1, -0.05) is 22.9 Å². The zero-order valence-electron chi connectivity index (χ0n) is 12.9. The first-order chi connectivity index (χ1) is 10.5. The van der Waals surface area contributed by atoms with Gasteiger partial charge < -0.3 is 10.6 Å². The highest BCUT2D eigenvalue weighted by atomic mass is 79.9. The van der Waals surface area contributed by atoms with E-state index in [1.165, 1.54) is 6.20 Å². The van der Waals surface area contributed by atoms with E-state index >= 15 is 0 Å². The Bertz CT molecular complexity index is 658. The van der Waals surface area contributed by atoms with Crippen LogP contribution < -0.4 is 10.6 Å². The van der Waals surface area contributed by atoms with Crippen LogP contribution >= 0.6 is 15.9 Å². The van der Waals surface area contributed by atoms with E-state index in [9.17, 15) is 4.79 Å². The average Bonchev–Trinajstić information content (AvgIpc) is 2.50. The van der Waals surface area contributed by atoms with Crippen LogP contribution in [0, 0.1) is 6.92 Å². The van der Waals surface area contributed by atoms with Gasteiger partial charge in [-0.25, -0.2) is 9.97 Å². The first-order valence-electron chi connectivity index (χ1n) is 7.15. The van der Waals surface area contributed by atoms with Crippen LogP contribution in [-0.4, -0.2) is 21.9 Å². The summed E-state index contributed by atoms with van der Waals surface area (Å²) in [4.78, 5) is 20.3. The number of carbonyl (C=O) groups excluding carboxylic acids is 1. The Morgan fingerprint density at radius 2 is 2.09 bits per heavy atom. The van der Waals surface area contributed by atoms with Gasteiger partial charge in [0.05, 0.1) is 12.4 Å². The van der Waals surface area contributed by atoms with E-state index in [4.69, 9.17) is 0 Å². The molecule has 1 unspecified atom stereocenters. The number of halogens is 1. The third-order valence-corrected chi connectivity index (χ3v) is 3.82. The van der Waals surface area contributed by atoms with Crippen LogP contribution in [0.4, 0.5) is 11.5 Å². The van der Waals surface area contributed by atoms with Crippen molar-refractivity contribution in [3.63, 3.8) is 0 Å². The molecule has 1 amide bonds. The molecule has 0 radical (unpaired) electrons. The van der Waals surface area contributed by atoms with Crippen LogP contribution in [0.25, 0.3) is 0 Å². The van der Waals surface area contributed by atoms with E-state index in [0.717, 1.165) is 22.1 Å². The van der Waals surface area contributed by atoms with Crippen molar-refractivity contribution in [2.24, 2.45) is 0 Å². The molecule has 1 heterocycles. The Kier molecular flexibility index (Phi) is 5.49. The van der Waals surface area contributed by atoms with E-state index in [1.807, 2.05) is 39.0 Å². The van der Waals surface area contributed by atoms with Gasteiger partial charge in [0.15, 0.2) is 0 Å². The van der Waals surface area contributed by atoms with Gasteiger partial charge in [0, 0.05) is 16.2 Å². The molecule has 2 aromatic rings. The second-order valence-corrected chi connectivity index (χ2v) is 6.07. The van der Waals surface area contributed by atoms with E-state index in [0.29, 0.717) is 11.5 Å². The lowest BCUT2D eigenvalue weighted by atomic mass is 10.2. The molecule has 116 valence electrons. The monoisotopic (exact) mass is 362 g/mol. The number of rotatable bonds is 5. The highest BCUT2D eigenvalue weighted by molar-refractivity contribution is 9.10. The summed E-state index contributed by atoms with van der Waals surface area (Å²) in [6.07, 6.45) is 3.92. The Hall–Kier alpha value is -1.95. The predicted octanol–water partition coefficient (Wildman–Crippen LogP) is 3.82. The number of hydrogen-bond acceptors (Lipinski definition) is 4. The zero-order valence-corrected chi connectivity index (χ0v) is 14.4. The summed E-state index contributed by atoms with van der Waals surface area (Å²) >= 11 is 3.43. The molecule has 0 aliphatic heterocycles. The molecule has 1 atom stereocenters. The predicted molar refractivity (Wildman–Crippen MR) is 91.4 cm³/mol. The molecule has 0 aliphatic rings. The SMILES string of the molecule is CCC(C)NC(=O)c1cnc(Nc2ccc(Br)cc2C)cn1. The fraction of sp³-hybridized carbons (Fsp3) is 0.312. The molecule has 0 aliphatic carbocycles. The van der Waals surface area contributed by atoms with Crippen LogP contribution in [-0.2, 0) is 0 Å². The van der Waals surface area contributed by atoms with Crippen molar-refractivity contribution in [2.45, 2.75) is 33.2 Å². The third kappa shape index (κ3) is 4.27. The number of hydrogen-bond donors (Lipinski definition) is 2. The van der Waals surface area contributed by atoms with Gasteiger partial charge >= 0.3 is 0 Å². The van der Waals surface area contributed by atoms with Gasteiger partial charge in [-0.15, -0.1) is 0 Å². The number of aryl methyl sites for hydroxylation is 1. The number of anilines is 2. The maximum atomic E-state index is 11.9. The highest BCUT2D eigenvalue weighted by Crippen LogP contribution is 2.22. The second-order valence-electron chi connectivity index (χ2n) is 5.15. The van der Waals surface area contributed by atoms with Crippen molar-refractivity contribution in [3.8, 4) is 0 Å². The number of nitrogens with one attached hydrogen (secondary N) is 2. The van der Waals surface area contributed by atoms with E-state index in [-0.39, 0.29) is 11.9 Å². The first kappa shape index (κ1) is 16.4. The molecule has 2 N–H and O–H groups in total. The van der Waals surface area contributed by atoms with Crippen molar-refractivity contribution in [1.82, 2.24) is 15.3 Å². The van der Waals surface area contributed by atoms with Crippen LogP contribution in [0.5, 0.6) is 0 Å². The molecule has 1 aromatic heterocycles. The lowest BCUT2D eigenvalue weighted by Crippen LogP contribution is -2.32. The van der Waals surface area contributed by atoms with Gasteiger partial charge in [-0.2, -0.15) is 0 Å². The minimum atomic E-state index is -0.201. The summed E-state index contributed by atoms with van der Waals surface area (Å²) in [6.45, 7) is 5.98. The largest absolute Gasteiger partial charge is 0.348 e. The maximum Gasteiger partial charge on any atom is 0.271 e. The Labute approximate surface area is 138 Å². The van der Waals surface area contributed by atoms with Crippen LogP contribution in [0.3, 0.4) is 0 Å². The Morgan fingerprint density at radius 1 is 1.32 bits per heavy atom. The standard InChI is InChI=1S/C16H19BrN4O/c1-4-11(3)20-16(22)14-8-19-15(9-18-14)21-13-6-5-12(17)7-10(13)2/h5-9,11H,4H2,1-3H3,(H,19,21)(H,20,22). The fourth-order valence-corrected chi connectivity index (χ4v) is 2.29. The molecule has 6 heteroatoms. The summed E-state index contributed by atoms with van der Waals surface area (Å²) < 4.78 is 1.03. The molecule has 0 fully saturated rings. The third-order valence-electron chi connectivity index (χ3n) is 3.33. The van der Waals surface area contributed by atoms with Crippen LogP contribution in [0.15, 0.2) is 35.1 Å². The van der Waals surface area contributed by atoms with Gasteiger partial charge in [-0.05, 0) is 44.0 Å². The number of nitrogens with zero attached hydrogens (tertiary/aromatic N) is 2. The Morgan fingerprint density at radius 3 is 2.68 bits per heavy atom. The van der Waals surface area contributed by atoms with Gasteiger partial charge in [-0.3, -0.25) is 4.79 Å². The number of benzene rings is 1. The maximum absolute atomic E-state index is 11.9. The molecular formula is C16H19BrN4O. The highest BCUT2D eigenvalue weighted by Gasteiger charge is 2.10. The molecule has 22 heavy (non-hydrogen) atoms. The quantitative estimate of drug-likeness (QED) is 0.848. The van der Waals surface area contributed by atoms with Crippen LogP contribution in [0.2, 0.25) is 0 Å². The normalized spacial score (nSPS) is 11.8. The van der Waals surface area contributed by atoms with E-state index in [2.05, 4.69) is 36.5 Å². The number of carbonyl (C=O) groups is 1. The second kappa shape index (κ2) is 7.35. The van der Waals surface area contributed by atoms with Gasteiger partial charge in [0.25, 0.3) is 5.91 Å². The minimum Gasteiger partial charge on any atom is -0.348 e. The Balaban J connectivity index is 2.07. The van der Waals surface area contributed by atoms with Crippen molar-refractivity contribution < 1.29 is 4.79 Å². The number of amides is 1. The van der Waals surface area contributed by atoms with Crippen molar-refractivity contribution >= 4 is 33.3 Å². The summed E-state index contributed by atoms with van der Waals surface area (Å²) in [5.74, 6) is 0.402. The van der Waals surface area contributed by atoms with Crippen molar-refractivity contribution in [2.75, 3.05) is 5.32 Å². The summed E-state index contributed by atoms with van der Waals surface area (Å²) in [5, 5.41) is 6.05. The zero-order chi connectivity index (χ0) is 16.1.